The molecular formula is C20H19ClNP. The Balaban J connectivity index is 2.19. The maximum Gasteiger partial charge on any atom is 0.0729 e. The van der Waals surface area contributed by atoms with Crippen LogP contribution in [0.1, 0.15) is 16.7 Å². The van der Waals surface area contributed by atoms with Crippen LogP contribution in [0.4, 0.5) is 0 Å². The van der Waals surface area contributed by atoms with E-state index in [0.717, 1.165) is 6.42 Å². The van der Waals surface area contributed by atoms with Crippen molar-refractivity contribution < 1.29 is 0 Å². The van der Waals surface area contributed by atoms with E-state index in [1.165, 1.54) is 16.7 Å². The fourth-order valence-electron chi connectivity index (χ4n) is 3.01. The summed E-state index contributed by atoms with van der Waals surface area (Å²) in [6, 6.07) is 31.2. The topological polar surface area (TPSA) is 26.0 Å². The minimum absolute atomic E-state index is 0.402. The van der Waals surface area contributed by atoms with Gasteiger partial charge in [-0.05, 0) is 23.1 Å². The molecule has 0 aromatic heterocycles. The molecule has 0 saturated carbocycles. The zero-order valence-electron chi connectivity index (χ0n) is 12.8. The number of hydrogen-bond donors (Lipinski definition) is 1. The molecule has 0 heterocycles. The number of nitrogens with two attached hydrogens (primary N) is 1. The van der Waals surface area contributed by atoms with Gasteiger partial charge >= 0.3 is 0 Å². The van der Waals surface area contributed by atoms with Crippen LogP contribution in [-0.4, -0.2) is 0 Å². The predicted molar refractivity (Wildman–Crippen MR) is 101 cm³/mol. The average molecular weight is 340 g/mol. The average Bonchev–Trinajstić information content (AvgIpc) is 2.62. The summed E-state index contributed by atoms with van der Waals surface area (Å²) < 4.78 is 0. The summed E-state index contributed by atoms with van der Waals surface area (Å²) in [5.74, 6) is 0. The summed E-state index contributed by atoms with van der Waals surface area (Å²) in [5, 5.41) is -0.402. The van der Waals surface area contributed by atoms with Crippen molar-refractivity contribution in [1.29, 1.82) is 0 Å². The monoisotopic (exact) mass is 339 g/mol. The van der Waals surface area contributed by atoms with Crippen LogP contribution in [0.15, 0.2) is 91.0 Å². The van der Waals surface area contributed by atoms with E-state index < -0.39 is 12.6 Å². The normalized spacial score (nSPS) is 12.8. The number of benzene rings is 3. The molecule has 0 aliphatic heterocycles. The van der Waals surface area contributed by atoms with E-state index in [1.54, 1.807) is 0 Å². The Morgan fingerprint density at radius 3 is 1.48 bits per heavy atom. The Morgan fingerprint density at radius 2 is 1.09 bits per heavy atom. The van der Waals surface area contributed by atoms with Crippen molar-refractivity contribution in [3.05, 3.63) is 108 Å². The van der Waals surface area contributed by atoms with E-state index >= 15 is 0 Å². The summed E-state index contributed by atoms with van der Waals surface area (Å²) in [7, 11) is -1.25. The molecule has 2 N–H and O–H groups in total. The third-order valence-electron chi connectivity index (χ3n) is 4.17. The van der Waals surface area contributed by atoms with Crippen molar-refractivity contribution in [3.8, 4) is 0 Å². The zero-order valence-corrected chi connectivity index (χ0v) is 14.4. The second kappa shape index (κ2) is 7.27. The van der Waals surface area contributed by atoms with E-state index in [4.69, 9.17) is 16.7 Å². The molecule has 23 heavy (non-hydrogen) atoms. The lowest BCUT2D eigenvalue weighted by atomic mass is 9.85. The van der Waals surface area contributed by atoms with Gasteiger partial charge in [0.15, 0.2) is 0 Å². The molecule has 0 spiro atoms. The molecule has 3 aromatic rings. The third kappa shape index (κ3) is 3.33. The van der Waals surface area contributed by atoms with E-state index in [0.29, 0.717) is 0 Å². The second-order valence-corrected chi connectivity index (χ2v) is 8.04. The largest absolute Gasteiger partial charge is 0.296 e. The van der Waals surface area contributed by atoms with Crippen LogP contribution in [0.5, 0.6) is 0 Å². The van der Waals surface area contributed by atoms with Gasteiger partial charge in [-0.25, -0.2) is 0 Å². The van der Waals surface area contributed by atoms with E-state index in [2.05, 4.69) is 48.5 Å². The maximum atomic E-state index is 6.66. The smallest absolute Gasteiger partial charge is 0.0729 e. The number of rotatable bonds is 5. The first-order valence-corrected chi connectivity index (χ1v) is 9.91. The molecule has 3 heteroatoms. The van der Waals surface area contributed by atoms with Gasteiger partial charge in [0, 0.05) is 0 Å². The van der Waals surface area contributed by atoms with Crippen LogP contribution in [0.3, 0.4) is 0 Å². The van der Waals surface area contributed by atoms with E-state index in [9.17, 15) is 0 Å². The Bertz CT molecular complexity index is 690. The lowest BCUT2D eigenvalue weighted by Gasteiger charge is -2.37. The Morgan fingerprint density at radius 1 is 0.696 bits per heavy atom. The van der Waals surface area contributed by atoms with E-state index in [1.807, 2.05) is 42.5 Å². The van der Waals surface area contributed by atoms with Gasteiger partial charge in [0.05, 0.1) is 12.6 Å². The van der Waals surface area contributed by atoms with Gasteiger partial charge in [-0.3, -0.25) is 5.50 Å². The highest BCUT2D eigenvalue weighted by Gasteiger charge is 2.40. The lowest BCUT2D eigenvalue weighted by molar-refractivity contribution is 0.724. The standard InChI is InChI=1S/C20H19ClNP/c21-23(22)20(18-12-6-2-7-13-18,19-14-8-3-9-15-19)16-17-10-4-1-5-11-17/h1-15H,16,22H2. The predicted octanol–water partition coefficient (Wildman–Crippen LogP) is 5.68. The molecule has 0 aliphatic carbocycles. The van der Waals surface area contributed by atoms with Crippen molar-refractivity contribution in [2.24, 2.45) is 5.50 Å². The van der Waals surface area contributed by atoms with Crippen LogP contribution in [0.25, 0.3) is 0 Å². The van der Waals surface area contributed by atoms with Crippen LogP contribution in [0.2, 0.25) is 0 Å². The minimum Gasteiger partial charge on any atom is -0.296 e. The maximum absolute atomic E-state index is 6.66. The molecule has 0 aliphatic rings. The summed E-state index contributed by atoms with van der Waals surface area (Å²) in [6.07, 6.45) is 0.785. The van der Waals surface area contributed by atoms with Crippen molar-refractivity contribution >= 4 is 18.7 Å². The third-order valence-corrected chi connectivity index (χ3v) is 6.44. The quantitative estimate of drug-likeness (QED) is 0.594. The molecule has 1 atom stereocenters. The summed E-state index contributed by atoms with van der Waals surface area (Å²) in [5.41, 5.74) is 9.98. The fourth-order valence-corrected chi connectivity index (χ4v) is 4.90. The Hall–Kier alpha value is -1.66. The molecule has 1 unspecified atom stereocenters. The van der Waals surface area contributed by atoms with Gasteiger partial charge in [-0.1, -0.05) is 102 Å². The highest BCUT2D eigenvalue weighted by molar-refractivity contribution is 7.83. The number of hydrogen-bond acceptors (Lipinski definition) is 1. The van der Waals surface area contributed by atoms with Crippen LogP contribution < -0.4 is 5.50 Å². The first kappa shape index (κ1) is 16.2. The fraction of sp³-hybridized carbons (Fsp3) is 0.100. The van der Waals surface area contributed by atoms with Crippen molar-refractivity contribution in [1.82, 2.24) is 0 Å². The summed E-state index contributed by atoms with van der Waals surface area (Å²) in [6.45, 7) is 0. The molecule has 3 rings (SSSR count). The van der Waals surface area contributed by atoms with Crippen LogP contribution in [-0.2, 0) is 11.6 Å². The molecule has 3 aromatic carbocycles. The molecule has 116 valence electrons. The van der Waals surface area contributed by atoms with Crippen molar-refractivity contribution in [2.75, 3.05) is 0 Å². The highest BCUT2D eigenvalue weighted by Crippen LogP contribution is 2.59. The summed E-state index contributed by atoms with van der Waals surface area (Å²) in [4.78, 5) is 0. The van der Waals surface area contributed by atoms with Crippen molar-refractivity contribution in [3.63, 3.8) is 0 Å². The van der Waals surface area contributed by atoms with Gasteiger partial charge in [-0.15, -0.1) is 0 Å². The first-order valence-electron chi connectivity index (χ1n) is 7.59. The van der Waals surface area contributed by atoms with Crippen LogP contribution >= 0.6 is 18.7 Å². The van der Waals surface area contributed by atoms with Crippen LogP contribution in [0, 0.1) is 0 Å². The van der Waals surface area contributed by atoms with Gasteiger partial charge in [-0.2, -0.15) is 0 Å². The Labute approximate surface area is 143 Å². The molecule has 0 fully saturated rings. The molecule has 0 bridgehead atoms. The number of halogens is 1. The lowest BCUT2D eigenvalue weighted by Crippen LogP contribution is -2.29. The molecule has 0 radical (unpaired) electrons. The minimum atomic E-state index is -1.25. The van der Waals surface area contributed by atoms with Crippen molar-refractivity contribution in [2.45, 2.75) is 11.6 Å². The van der Waals surface area contributed by atoms with Gasteiger partial charge in [0.1, 0.15) is 0 Å². The summed E-state index contributed by atoms with van der Waals surface area (Å²) >= 11 is 6.66. The second-order valence-electron chi connectivity index (χ2n) is 5.57. The SMILES string of the molecule is NP(Cl)C(Cc1ccccc1)(c1ccccc1)c1ccccc1. The highest BCUT2D eigenvalue weighted by atomic mass is 35.7. The van der Waals surface area contributed by atoms with Gasteiger partial charge < -0.3 is 0 Å². The zero-order chi connectivity index (χ0) is 16.1. The first-order chi connectivity index (χ1) is 11.2. The molecule has 1 nitrogen and oxygen atoms in total. The Kier molecular flexibility index (Phi) is 5.13. The molecule has 0 saturated heterocycles. The van der Waals surface area contributed by atoms with Gasteiger partial charge in [0.25, 0.3) is 0 Å². The van der Waals surface area contributed by atoms with Gasteiger partial charge in [0.2, 0.25) is 0 Å². The van der Waals surface area contributed by atoms with E-state index in [-0.39, 0.29) is 0 Å². The molecule has 0 amide bonds. The molecular weight excluding hydrogens is 321 g/mol.